The molecule has 0 saturated carbocycles. The predicted octanol–water partition coefficient (Wildman–Crippen LogP) is 0.254. The molecule has 108 valence electrons. The van der Waals surface area contributed by atoms with Gasteiger partial charge in [0.1, 0.15) is 6.61 Å². The molecule has 0 heterocycles. The Hall–Kier alpha value is -2.04. The van der Waals surface area contributed by atoms with Gasteiger partial charge in [-0.15, -0.1) is 0 Å². The van der Waals surface area contributed by atoms with Crippen molar-refractivity contribution in [2.75, 3.05) is 24.2 Å². The van der Waals surface area contributed by atoms with Crippen LogP contribution in [0, 0.1) is 18.8 Å². The number of nitrogens with one attached hydrogen (secondary N) is 1. The van der Waals surface area contributed by atoms with Crippen molar-refractivity contribution in [2.24, 2.45) is 0 Å². The molecule has 0 aromatic heterocycles. The summed E-state index contributed by atoms with van der Waals surface area (Å²) in [6.45, 7) is 1.46. The van der Waals surface area contributed by atoms with Gasteiger partial charge in [0.2, 0.25) is 10.0 Å². The van der Waals surface area contributed by atoms with Crippen LogP contribution in [-0.2, 0) is 19.6 Å². The first-order chi connectivity index (χ1) is 9.38. The van der Waals surface area contributed by atoms with Crippen LogP contribution in [0.3, 0.4) is 0 Å². The predicted molar refractivity (Wildman–Crippen MR) is 74.6 cm³/mol. The highest BCUT2D eigenvalue weighted by molar-refractivity contribution is 7.93. The lowest BCUT2D eigenvalue weighted by Crippen LogP contribution is -2.24. The molecule has 7 heteroatoms. The fourth-order valence-electron chi connectivity index (χ4n) is 1.42. The third kappa shape index (κ3) is 4.91. The lowest BCUT2D eigenvalue weighted by molar-refractivity contribution is -0.137. The monoisotopic (exact) mass is 297 g/mol. The summed E-state index contributed by atoms with van der Waals surface area (Å²) in [4.78, 5) is 11.0. The van der Waals surface area contributed by atoms with Gasteiger partial charge in [-0.3, -0.25) is 9.52 Å². The van der Waals surface area contributed by atoms with Crippen molar-refractivity contribution in [3.8, 4) is 11.8 Å². The number of benzene rings is 1. The third-order valence-electron chi connectivity index (χ3n) is 2.34. The van der Waals surface area contributed by atoms with E-state index in [4.69, 9.17) is 5.11 Å². The number of sulfonamides is 1. The zero-order chi connectivity index (χ0) is 15.2. The van der Waals surface area contributed by atoms with Crippen LogP contribution in [0.25, 0.3) is 0 Å². The summed E-state index contributed by atoms with van der Waals surface area (Å²) in [5.41, 5.74) is 1.68. The maximum atomic E-state index is 11.7. The van der Waals surface area contributed by atoms with Gasteiger partial charge in [0, 0.05) is 5.56 Å². The van der Waals surface area contributed by atoms with Crippen LogP contribution >= 0.6 is 0 Å². The number of carbonyl (C=O) groups is 1. The normalized spacial score (nSPS) is 10.3. The average Bonchev–Trinajstić information content (AvgIpc) is 2.38. The first-order valence-electron chi connectivity index (χ1n) is 5.65. The maximum absolute atomic E-state index is 11.7. The molecule has 0 unspecified atom stereocenters. The molecule has 0 saturated heterocycles. The van der Waals surface area contributed by atoms with E-state index in [9.17, 15) is 13.2 Å². The number of rotatable bonds is 4. The SMILES string of the molecule is COC(=O)CS(=O)(=O)Nc1ccc(C#CCO)cc1C. The topological polar surface area (TPSA) is 92.7 Å². The molecule has 0 atom stereocenters. The zero-order valence-corrected chi connectivity index (χ0v) is 12.0. The Bertz CT molecular complexity index is 655. The van der Waals surface area contributed by atoms with Crippen molar-refractivity contribution < 1.29 is 23.1 Å². The highest BCUT2D eigenvalue weighted by atomic mass is 32.2. The molecule has 0 aliphatic carbocycles. The quantitative estimate of drug-likeness (QED) is 0.614. The molecule has 1 aromatic carbocycles. The maximum Gasteiger partial charge on any atom is 0.322 e. The van der Waals surface area contributed by atoms with Gasteiger partial charge < -0.3 is 9.84 Å². The molecule has 0 aliphatic rings. The number of anilines is 1. The molecule has 2 N–H and O–H groups in total. The number of aliphatic hydroxyl groups excluding tert-OH is 1. The Morgan fingerprint density at radius 2 is 2.15 bits per heavy atom. The van der Waals surface area contributed by atoms with Crippen LogP contribution in [0.5, 0.6) is 0 Å². The van der Waals surface area contributed by atoms with Crippen LogP contribution in [0.2, 0.25) is 0 Å². The van der Waals surface area contributed by atoms with Gasteiger partial charge in [-0.05, 0) is 30.7 Å². The number of aliphatic hydroxyl groups is 1. The van der Waals surface area contributed by atoms with Crippen molar-refractivity contribution in [1.29, 1.82) is 0 Å². The van der Waals surface area contributed by atoms with Crippen molar-refractivity contribution >= 4 is 21.7 Å². The molecule has 1 rings (SSSR count). The Morgan fingerprint density at radius 1 is 1.45 bits per heavy atom. The summed E-state index contributed by atoms with van der Waals surface area (Å²) in [6.07, 6.45) is 0. The summed E-state index contributed by atoms with van der Waals surface area (Å²) in [7, 11) is -2.68. The van der Waals surface area contributed by atoms with E-state index >= 15 is 0 Å². The second kappa shape index (κ2) is 6.93. The van der Waals surface area contributed by atoms with E-state index in [1.807, 2.05) is 0 Å². The highest BCUT2D eigenvalue weighted by Crippen LogP contribution is 2.17. The largest absolute Gasteiger partial charge is 0.468 e. The van der Waals surface area contributed by atoms with E-state index in [-0.39, 0.29) is 6.61 Å². The lowest BCUT2D eigenvalue weighted by atomic mass is 10.1. The van der Waals surface area contributed by atoms with Crippen LogP contribution in [0.1, 0.15) is 11.1 Å². The van der Waals surface area contributed by atoms with Crippen molar-refractivity contribution in [3.63, 3.8) is 0 Å². The molecule has 20 heavy (non-hydrogen) atoms. The fraction of sp³-hybridized carbons (Fsp3) is 0.308. The Morgan fingerprint density at radius 3 is 2.70 bits per heavy atom. The van der Waals surface area contributed by atoms with Crippen LogP contribution in [-0.4, -0.2) is 39.0 Å². The molecule has 1 aromatic rings. The lowest BCUT2D eigenvalue weighted by Gasteiger charge is -2.10. The van der Waals surface area contributed by atoms with Crippen LogP contribution in [0.15, 0.2) is 18.2 Å². The minimum atomic E-state index is -3.80. The second-order valence-corrected chi connectivity index (χ2v) is 5.65. The van der Waals surface area contributed by atoms with E-state index in [0.29, 0.717) is 16.8 Å². The van der Waals surface area contributed by atoms with Gasteiger partial charge in [0.15, 0.2) is 5.75 Å². The van der Waals surface area contributed by atoms with Gasteiger partial charge >= 0.3 is 5.97 Å². The Balaban J connectivity index is 2.91. The molecule has 0 aliphatic heterocycles. The van der Waals surface area contributed by atoms with Crippen LogP contribution < -0.4 is 4.72 Å². The standard InChI is InChI=1S/C13H15NO5S/c1-10-8-11(4-3-7-15)5-6-12(10)14-20(17,18)9-13(16)19-2/h5-6,8,14-15H,7,9H2,1-2H3. The summed E-state index contributed by atoms with van der Waals surface area (Å²) in [5.74, 6) is 3.64. The number of hydrogen-bond acceptors (Lipinski definition) is 5. The first-order valence-corrected chi connectivity index (χ1v) is 7.31. The first kappa shape index (κ1) is 16.0. The van der Waals surface area contributed by atoms with Gasteiger partial charge in [-0.25, -0.2) is 8.42 Å². The molecule has 0 fully saturated rings. The van der Waals surface area contributed by atoms with Gasteiger partial charge in [0.25, 0.3) is 0 Å². The van der Waals surface area contributed by atoms with E-state index in [1.165, 1.54) is 0 Å². The van der Waals surface area contributed by atoms with Gasteiger partial charge in [-0.1, -0.05) is 11.8 Å². The molecule has 0 radical (unpaired) electrons. The minimum Gasteiger partial charge on any atom is -0.468 e. The minimum absolute atomic E-state index is 0.243. The number of hydrogen-bond donors (Lipinski definition) is 2. The molecule has 0 amide bonds. The zero-order valence-electron chi connectivity index (χ0n) is 11.1. The number of esters is 1. The number of methoxy groups -OCH3 is 1. The molecular weight excluding hydrogens is 282 g/mol. The van der Waals surface area contributed by atoms with E-state index < -0.39 is 21.7 Å². The molecular formula is C13H15NO5S. The number of ether oxygens (including phenoxy) is 1. The van der Waals surface area contributed by atoms with Crippen molar-refractivity contribution in [3.05, 3.63) is 29.3 Å². The summed E-state index contributed by atoms with van der Waals surface area (Å²) in [6, 6.07) is 4.84. The van der Waals surface area contributed by atoms with E-state index in [2.05, 4.69) is 21.3 Å². The highest BCUT2D eigenvalue weighted by Gasteiger charge is 2.17. The summed E-state index contributed by atoms with van der Waals surface area (Å²) < 4.78 is 30.0. The smallest absolute Gasteiger partial charge is 0.322 e. The Labute approximate surface area is 117 Å². The molecule has 6 nitrogen and oxygen atoms in total. The van der Waals surface area contributed by atoms with E-state index in [1.54, 1.807) is 25.1 Å². The number of aryl methyl sites for hydroxylation is 1. The van der Waals surface area contributed by atoms with Gasteiger partial charge in [-0.2, -0.15) is 0 Å². The molecule has 0 bridgehead atoms. The number of carbonyl (C=O) groups excluding carboxylic acids is 1. The third-order valence-corrected chi connectivity index (χ3v) is 3.49. The molecule has 0 spiro atoms. The summed E-state index contributed by atoms with van der Waals surface area (Å²) >= 11 is 0. The van der Waals surface area contributed by atoms with Gasteiger partial charge in [0.05, 0.1) is 12.8 Å². The Kier molecular flexibility index (Phi) is 5.55. The van der Waals surface area contributed by atoms with Crippen LogP contribution in [0.4, 0.5) is 5.69 Å². The second-order valence-electron chi connectivity index (χ2n) is 3.93. The average molecular weight is 297 g/mol. The summed E-state index contributed by atoms with van der Waals surface area (Å²) in [5, 5.41) is 8.60. The van der Waals surface area contributed by atoms with Crippen molar-refractivity contribution in [1.82, 2.24) is 0 Å². The van der Waals surface area contributed by atoms with E-state index in [0.717, 1.165) is 7.11 Å². The van der Waals surface area contributed by atoms with Crippen molar-refractivity contribution in [2.45, 2.75) is 6.92 Å². The fourth-order valence-corrected chi connectivity index (χ4v) is 2.48.